The minimum absolute atomic E-state index is 0.0123. The summed E-state index contributed by atoms with van der Waals surface area (Å²) >= 11 is 0. The zero-order valence-electron chi connectivity index (χ0n) is 15.2. The van der Waals surface area contributed by atoms with Crippen molar-refractivity contribution in [1.82, 2.24) is 4.90 Å². The fourth-order valence-electron chi connectivity index (χ4n) is 3.20. The second kappa shape index (κ2) is 8.60. The number of non-ortho nitro benzene ring substituents is 1. The van der Waals surface area contributed by atoms with Crippen molar-refractivity contribution >= 4 is 23.1 Å². The summed E-state index contributed by atoms with van der Waals surface area (Å²) in [6.45, 7) is 2.21. The van der Waals surface area contributed by atoms with Crippen molar-refractivity contribution in [2.75, 3.05) is 31.1 Å². The summed E-state index contributed by atoms with van der Waals surface area (Å²) in [7, 11) is 0. The van der Waals surface area contributed by atoms with Gasteiger partial charge in [0.2, 0.25) is 5.91 Å². The van der Waals surface area contributed by atoms with E-state index in [-0.39, 0.29) is 35.8 Å². The van der Waals surface area contributed by atoms with Gasteiger partial charge in [0.05, 0.1) is 10.5 Å². The minimum atomic E-state index is -0.573. The first-order valence-corrected chi connectivity index (χ1v) is 9.00. The lowest BCUT2D eigenvalue weighted by atomic mass is 10.1. The highest BCUT2D eigenvalue weighted by Gasteiger charge is 2.22. The lowest BCUT2D eigenvalue weighted by Crippen LogP contribution is -2.48. The van der Waals surface area contributed by atoms with Crippen LogP contribution >= 0.6 is 0 Å². The van der Waals surface area contributed by atoms with Crippen LogP contribution in [0.2, 0.25) is 0 Å². The Labute approximate surface area is 161 Å². The molecule has 2 aromatic carbocycles. The molecule has 0 aliphatic carbocycles. The van der Waals surface area contributed by atoms with E-state index in [2.05, 4.69) is 4.90 Å². The number of Topliss-reactive ketones (excluding diaryl/α,β-unsaturated/α-hetero) is 1. The van der Waals surface area contributed by atoms with Gasteiger partial charge in [-0.05, 0) is 24.3 Å². The van der Waals surface area contributed by atoms with Crippen molar-refractivity contribution in [3.05, 3.63) is 70.0 Å². The van der Waals surface area contributed by atoms with Crippen LogP contribution in [-0.4, -0.2) is 47.7 Å². The van der Waals surface area contributed by atoms with E-state index in [4.69, 9.17) is 0 Å². The molecule has 0 unspecified atom stereocenters. The number of amides is 1. The van der Waals surface area contributed by atoms with Gasteiger partial charge in [-0.15, -0.1) is 0 Å². The van der Waals surface area contributed by atoms with Gasteiger partial charge in [-0.3, -0.25) is 19.7 Å². The van der Waals surface area contributed by atoms with Crippen molar-refractivity contribution in [3.8, 4) is 0 Å². The second-order valence-corrected chi connectivity index (χ2v) is 6.54. The SMILES string of the molecule is O=C(CCC(=O)N1CCN(c2ccc([N+](=O)[O-])cc2)CC1)c1ccccc1F. The molecular weight excluding hydrogens is 365 g/mol. The molecule has 146 valence electrons. The molecule has 0 aromatic heterocycles. The second-order valence-electron chi connectivity index (χ2n) is 6.54. The highest BCUT2D eigenvalue weighted by Crippen LogP contribution is 2.21. The number of benzene rings is 2. The number of carbonyl (C=O) groups excluding carboxylic acids is 2. The average molecular weight is 385 g/mol. The Balaban J connectivity index is 1.49. The van der Waals surface area contributed by atoms with Gasteiger partial charge in [0.1, 0.15) is 5.82 Å². The first-order valence-electron chi connectivity index (χ1n) is 9.00. The van der Waals surface area contributed by atoms with E-state index in [0.717, 1.165) is 5.69 Å². The number of piperazine rings is 1. The van der Waals surface area contributed by atoms with E-state index >= 15 is 0 Å². The summed E-state index contributed by atoms with van der Waals surface area (Å²) in [5.41, 5.74) is 0.919. The maximum absolute atomic E-state index is 13.6. The summed E-state index contributed by atoms with van der Waals surface area (Å²) < 4.78 is 13.6. The molecule has 1 fully saturated rings. The van der Waals surface area contributed by atoms with Gasteiger partial charge < -0.3 is 9.80 Å². The van der Waals surface area contributed by atoms with Crippen LogP contribution in [-0.2, 0) is 4.79 Å². The largest absolute Gasteiger partial charge is 0.368 e. The quantitative estimate of drug-likeness (QED) is 0.434. The van der Waals surface area contributed by atoms with Crippen LogP contribution in [0.5, 0.6) is 0 Å². The molecule has 0 spiro atoms. The number of nitro benzene ring substituents is 1. The number of carbonyl (C=O) groups is 2. The van der Waals surface area contributed by atoms with Gasteiger partial charge in [0.15, 0.2) is 5.78 Å². The highest BCUT2D eigenvalue weighted by molar-refractivity contribution is 5.98. The van der Waals surface area contributed by atoms with E-state index in [1.165, 1.54) is 30.3 Å². The molecule has 1 aliphatic rings. The van der Waals surface area contributed by atoms with Crippen LogP contribution in [0.3, 0.4) is 0 Å². The van der Waals surface area contributed by atoms with Crippen LogP contribution in [0.4, 0.5) is 15.8 Å². The maximum atomic E-state index is 13.6. The number of anilines is 1. The molecule has 3 rings (SSSR count). The number of hydrogen-bond acceptors (Lipinski definition) is 5. The van der Waals surface area contributed by atoms with Crippen molar-refractivity contribution < 1.29 is 18.9 Å². The molecule has 1 aliphatic heterocycles. The molecule has 0 saturated carbocycles. The summed E-state index contributed by atoms with van der Waals surface area (Å²) in [5, 5.41) is 10.7. The molecule has 28 heavy (non-hydrogen) atoms. The van der Waals surface area contributed by atoms with E-state index in [9.17, 15) is 24.1 Å². The molecule has 2 aromatic rings. The Morgan fingerprint density at radius 1 is 0.964 bits per heavy atom. The minimum Gasteiger partial charge on any atom is -0.368 e. The number of hydrogen-bond donors (Lipinski definition) is 0. The zero-order chi connectivity index (χ0) is 20.1. The number of ketones is 1. The number of rotatable bonds is 6. The zero-order valence-corrected chi connectivity index (χ0v) is 15.2. The van der Waals surface area contributed by atoms with E-state index in [0.29, 0.717) is 26.2 Å². The Morgan fingerprint density at radius 3 is 2.21 bits per heavy atom. The van der Waals surface area contributed by atoms with Gasteiger partial charge in [0, 0.05) is 56.8 Å². The summed E-state index contributed by atoms with van der Waals surface area (Å²) in [4.78, 5) is 38.5. The van der Waals surface area contributed by atoms with Crippen LogP contribution in [0.15, 0.2) is 48.5 Å². The standard InChI is InChI=1S/C20H20FN3O4/c21-18-4-2-1-3-17(18)19(25)9-10-20(26)23-13-11-22(12-14-23)15-5-7-16(8-6-15)24(27)28/h1-8H,9-14H2. The molecule has 8 heteroatoms. The summed E-state index contributed by atoms with van der Waals surface area (Å²) in [5.74, 6) is -1.08. The molecule has 1 saturated heterocycles. The molecule has 1 amide bonds. The van der Waals surface area contributed by atoms with Gasteiger partial charge >= 0.3 is 0 Å². The first kappa shape index (κ1) is 19.5. The fourth-order valence-corrected chi connectivity index (χ4v) is 3.20. The van der Waals surface area contributed by atoms with Crippen LogP contribution in [0.25, 0.3) is 0 Å². The molecule has 0 atom stereocenters. The number of nitro groups is 1. The average Bonchev–Trinajstić information content (AvgIpc) is 2.72. The van der Waals surface area contributed by atoms with Crippen LogP contribution in [0.1, 0.15) is 23.2 Å². The molecule has 0 bridgehead atoms. The number of halogens is 1. The monoisotopic (exact) mass is 385 g/mol. The smallest absolute Gasteiger partial charge is 0.269 e. The van der Waals surface area contributed by atoms with Crippen molar-refractivity contribution in [3.63, 3.8) is 0 Å². The molecule has 7 nitrogen and oxygen atoms in total. The molecular formula is C20H20FN3O4. The number of nitrogens with zero attached hydrogens (tertiary/aromatic N) is 3. The summed E-state index contributed by atoms with van der Waals surface area (Å²) in [6, 6.07) is 12.1. The predicted octanol–water partition coefficient (Wildman–Crippen LogP) is 3.05. The third-order valence-electron chi connectivity index (χ3n) is 4.80. The van der Waals surface area contributed by atoms with Crippen molar-refractivity contribution in [1.29, 1.82) is 0 Å². The van der Waals surface area contributed by atoms with Gasteiger partial charge in [0.25, 0.3) is 5.69 Å². The van der Waals surface area contributed by atoms with Crippen molar-refractivity contribution in [2.24, 2.45) is 0 Å². The fraction of sp³-hybridized carbons (Fsp3) is 0.300. The maximum Gasteiger partial charge on any atom is 0.269 e. The van der Waals surface area contributed by atoms with Crippen LogP contribution in [0, 0.1) is 15.9 Å². The third-order valence-corrected chi connectivity index (χ3v) is 4.80. The molecule has 1 heterocycles. The third kappa shape index (κ3) is 4.51. The first-order chi connectivity index (χ1) is 13.5. The van der Waals surface area contributed by atoms with Gasteiger partial charge in [-0.25, -0.2) is 4.39 Å². The topological polar surface area (TPSA) is 83.8 Å². The molecule has 0 N–H and O–H groups in total. The van der Waals surface area contributed by atoms with Gasteiger partial charge in [-0.2, -0.15) is 0 Å². The van der Waals surface area contributed by atoms with E-state index in [1.807, 2.05) is 0 Å². The van der Waals surface area contributed by atoms with E-state index < -0.39 is 10.7 Å². The lowest BCUT2D eigenvalue weighted by Gasteiger charge is -2.36. The van der Waals surface area contributed by atoms with Crippen LogP contribution < -0.4 is 4.90 Å². The van der Waals surface area contributed by atoms with Gasteiger partial charge in [-0.1, -0.05) is 12.1 Å². The normalized spacial score (nSPS) is 14.0. The van der Waals surface area contributed by atoms with Crippen molar-refractivity contribution in [2.45, 2.75) is 12.8 Å². The summed E-state index contributed by atoms with van der Waals surface area (Å²) in [6.07, 6.45) is 0.0209. The predicted molar refractivity (Wildman–Crippen MR) is 102 cm³/mol. The Hall–Kier alpha value is -3.29. The van der Waals surface area contributed by atoms with E-state index in [1.54, 1.807) is 23.1 Å². The Bertz CT molecular complexity index is 877. The highest BCUT2D eigenvalue weighted by atomic mass is 19.1. The Kier molecular flexibility index (Phi) is 5.98. The Morgan fingerprint density at radius 2 is 1.61 bits per heavy atom. The lowest BCUT2D eigenvalue weighted by molar-refractivity contribution is -0.384. The molecule has 0 radical (unpaired) electrons.